The summed E-state index contributed by atoms with van der Waals surface area (Å²) < 4.78 is 5.08. The maximum absolute atomic E-state index is 9.88. The zero-order valence-corrected chi connectivity index (χ0v) is 8.47. The van der Waals surface area contributed by atoms with Crippen LogP contribution in [0.5, 0.6) is 0 Å². The zero-order valence-electron chi connectivity index (χ0n) is 6.96. The number of rotatable bonds is 1. The van der Waals surface area contributed by atoms with Crippen LogP contribution in [0, 0.1) is 0 Å². The van der Waals surface area contributed by atoms with Crippen LogP contribution in [-0.4, -0.2) is 10.6 Å². The maximum Gasteiger partial charge on any atom is 0.165 e. The van der Waals surface area contributed by atoms with Crippen molar-refractivity contribution in [3.05, 3.63) is 24.3 Å². The highest BCUT2D eigenvalue weighted by Crippen LogP contribution is 2.13. The number of Topliss-reactive ketones (excluding diaryl/α,β-unsaturated/α-hetero) is 1. The van der Waals surface area contributed by atoms with Crippen LogP contribution in [0.2, 0.25) is 0 Å². The molecule has 2 aromatic rings. The monoisotopic (exact) mass is 218 g/mol. The first kappa shape index (κ1) is 10.4. The first-order valence-corrected chi connectivity index (χ1v) is 4.53. The predicted octanol–water partition coefficient (Wildman–Crippen LogP) is 3.25. The number of halogens is 2. The van der Waals surface area contributed by atoms with Gasteiger partial charge < -0.3 is 4.42 Å². The Hall–Kier alpha value is -0.730. The van der Waals surface area contributed by atoms with Crippen LogP contribution in [-0.2, 0) is 4.79 Å². The van der Waals surface area contributed by atoms with Gasteiger partial charge in [0.2, 0.25) is 0 Å². The summed E-state index contributed by atoms with van der Waals surface area (Å²) in [6, 6.07) is 7.81. The molecule has 0 saturated carbocycles. The highest BCUT2D eigenvalue weighted by Gasteiger charge is 2.01. The summed E-state index contributed by atoms with van der Waals surface area (Å²) in [6.45, 7) is 1.34. The first-order chi connectivity index (χ1) is 6.09. The SMILES string of the molecule is CC(=O)C(Cl)Cl.c1cc2ccc1o2. The molecule has 13 heavy (non-hydrogen) atoms. The predicted molar refractivity (Wildman–Crippen MR) is 53.6 cm³/mol. The number of benzene rings is 1. The van der Waals surface area contributed by atoms with Gasteiger partial charge in [0, 0.05) is 0 Å². The van der Waals surface area contributed by atoms with E-state index in [0.717, 1.165) is 11.2 Å². The number of alkyl halides is 2. The second-order valence-electron chi connectivity index (χ2n) is 2.48. The van der Waals surface area contributed by atoms with E-state index in [1.54, 1.807) is 0 Å². The summed E-state index contributed by atoms with van der Waals surface area (Å²) in [5, 5.41) is 0. The Kier molecular flexibility index (Phi) is 3.58. The summed E-state index contributed by atoms with van der Waals surface area (Å²) >= 11 is 10.1. The fourth-order valence-corrected chi connectivity index (χ4v) is 0.712. The fourth-order valence-electron chi connectivity index (χ4n) is 0.712. The van der Waals surface area contributed by atoms with Crippen LogP contribution in [0.4, 0.5) is 0 Å². The molecule has 0 fully saturated rings. The van der Waals surface area contributed by atoms with Gasteiger partial charge in [0.15, 0.2) is 10.6 Å². The minimum absolute atomic E-state index is 0.210. The average molecular weight is 219 g/mol. The lowest BCUT2D eigenvalue weighted by molar-refractivity contribution is -0.115. The van der Waals surface area contributed by atoms with Gasteiger partial charge >= 0.3 is 0 Å². The molecule has 0 amide bonds. The minimum atomic E-state index is -0.843. The van der Waals surface area contributed by atoms with Crippen molar-refractivity contribution >= 4 is 40.2 Å². The Morgan fingerprint density at radius 1 is 1.23 bits per heavy atom. The largest absolute Gasteiger partial charge is 0.457 e. The van der Waals surface area contributed by atoms with E-state index in [9.17, 15) is 4.79 Å². The molecule has 0 aromatic carbocycles. The Balaban J connectivity index is 0.000000133. The second-order valence-corrected chi connectivity index (χ2v) is 3.58. The number of fused-ring (bicyclic) bond motifs is 2. The van der Waals surface area contributed by atoms with Crippen LogP contribution in [0.25, 0.3) is 11.2 Å². The van der Waals surface area contributed by atoms with Crippen LogP contribution in [0.1, 0.15) is 6.92 Å². The summed E-state index contributed by atoms with van der Waals surface area (Å²) in [7, 11) is 0. The van der Waals surface area contributed by atoms with Gasteiger partial charge in [-0.3, -0.25) is 4.79 Å². The third-order valence-electron chi connectivity index (χ3n) is 1.37. The van der Waals surface area contributed by atoms with Crippen molar-refractivity contribution in [2.24, 2.45) is 0 Å². The average Bonchev–Trinajstić information content (AvgIpc) is 2.67. The Labute approximate surface area is 85.8 Å². The Bertz CT molecular complexity index is 322. The molecule has 0 aliphatic carbocycles. The van der Waals surface area contributed by atoms with E-state index < -0.39 is 4.84 Å². The second kappa shape index (κ2) is 4.49. The Morgan fingerprint density at radius 2 is 1.54 bits per heavy atom. The van der Waals surface area contributed by atoms with Gasteiger partial charge in [-0.25, -0.2) is 0 Å². The molecule has 0 saturated heterocycles. The lowest BCUT2D eigenvalue weighted by atomic mass is 10.4. The number of carbonyl (C=O) groups is 1. The smallest absolute Gasteiger partial charge is 0.165 e. The van der Waals surface area contributed by atoms with E-state index in [1.165, 1.54) is 6.92 Å². The molecule has 0 atom stereocenters. The van der Waals surface area contributed by atoms with Crippen molar-refractivity contribution in [3.8, 4) is 0 Å². The molecule has 70 valence electrons. The van der Waals surface area contributed by atoms with Gasteiger partial charge in [0.1, 0.15) is 11.2 Å². The highest BCUT2D eigenvalue weighted by molar-refractivity contribution is 6.53. The van der Waals surface area contributed by atoms with Gasteiger partial charge in [-0.15, -0.1) is 0 Å². The number of ketones is 1. The van der Waals surface area contributed by atoms with E-state index in [2.05, 4.69) is 0 Å². The van der Waals surface area contributed by atoms with Gasteiger partial charge in [-0.05, 0) is 31.2 Å². The fraction of sp³-hybridized carbons (Fsp3) is 0.222. The molecule has 4 heteroatoms. The summed E-state index contributed by atoms with van der Waals surface area (Å²) in [5.74, 6) is -0.210. The van der Waals surface area contributed by atoms with E-state index in [4.69, 9.17) is 27.6 Å². The molecule has 2 rings (SSSR count). The minimum Gasteiger partial charge on any atom is -0.457 e. The number of furan rings is 2. The maximum atomic E-state index is 9.88. The molecule has 2 bridgehead atoms. The molecule has 0 N–H and O–H groups in total. The molecule has 0 spiro atoms. The number of carbonyl (C=O) groups excluding carboxylic acids is 1. The standard InChI is InChI=1S/C6H4O.C3H4Cl2O/c1-2-6-4-3-5(1)7-6;1-2(6)3(4)5/h1-4H;3H,1H3. The topological polar surface area (TPSA) is 30.2 Å². The van der Waals surface area contributed by atoms with Crippen molar-refractivity contribution in [2.75, 3.05) is 0 Å². The van der Waals surface area contributed by atoms with Crippen molar-refractivity contribution in [2.45, 2.75) is 11.8 Å². The van der Waals surface area contributed by atoms with Gasteiger partial charge in [0.25, 0.3) is 0 Å². The molecule has 0 aliphatic rings. The highest BCUT2D eigenvalue weighted by atomic mass is 35.5. The van der Waals surface area contributed by atoms with Crippen molar-refractivity contribution in [1.82, 2.24) is 0 Å². The van der Waals surface area contributed by atoms with Crippen LogP contribution in [0.15, 0.2) is 28.7 Å². The molecule has 2 aromatic heterocycles. The van der Waals surface area contributed by atoms with E-state index >= 15 is 0 Å². The van der Waals surface area contributed by atoms with Gasteiger partial charge in [-0.1, -0.05) is 23.2 Å². The molecular weight excluding hydrogens is 211 g/mol. The van der Waals surface area contributed by atoms with E-state index in [1.807, 2.05) is 24.3 Å². The summed E-state index contributed by atoms with van der Waals surface area (Å²) in [6.07, 6.45) is 0. The van der Waals surface area contributed by atoms with Crippen molar-refractivity contribution < 1.29 is 9.21 Å². The van der Waals surface area contributed by atoms with Crippen molar-refractivity contribution in [1.29, 1.82) is 0 Å². The molecular formula is C9H8Cl2O2. The van der Waals surface area contributed by atoms with Crippen LogP contribution < -0.4 is 0 Å². The quantitative estimate of drug-likeness (QED) is 0.689. The Morgan fingerprint density at radius 3 is 1.62 bits per heavy atom. The molecule has 0 unspecified atom stereocenters. The number of hydrogen-bond acceptors (Lipinski definition) is 2. The molecule has 2 nitrogen and oxygen atoms in total. The van der Waals surface area contributed by atoms with E-state index in [0.29, 0.717) is 0 Å². The molecule has 2 heterocycles. The first-order valence-electron chi connectivity index (χ1n) is 3.66. The van der Waals surface area contributed by atoms with E-state index in [-0.39, 0.29) is 5.78 Å². The lowest BCUT2D eigenvalue weighted by Gasteiger charge is -1.85. The molecule has 0 aliphatic heterocycles. The van der Waals surface area contributed by atoms with Crippen LogP contribution in [0.3, 0.4) is 0 Å². The van der Waals surface area contributed by atoms with Crippen LogP contribution >= 0.6 is 23.2 Å². The summed E-state index contributed by atoms with van der Waals surface area (Å²) in [5.41, 5.74) is 1.94. The molecule has 0 radical (unpaired) electrons. The zero-order chi connectivity index (χ0) is 9.84. The van der Waals surface area contributed by atoms with Gasteiger partial charge in [0.05, 0.1) is 0 Å². The third-order valence-corrected chi connectivity index (χ3v) is 1.98. The van der Waals surface area contributed by atoms with Crippen molar-refractivity contribution in [3.63, 3.8) is 0 Å². The third kappa shape index (κ3) is 3.25. The van der Waals surface area contributed by atoms with Gasteiger partial charge in [-0.2, -0.15) is 0 Å². The lowest BCUT2D eigenvalue weighted by Crippen LogP contribution is -1.99. The number of hydrogen-bond donors (Lipinski definition) is 0. The summed E-state index contributed by atoms with van der Waals surface area (Å²) in [4.78, 5) is 9.04. The normalized spacial score (nSPS) is 10.2.